The van der Waals surface area contributed by atoms with Crippen molar-refractivity contribution in [3.8, 4) is 5.75 Å². The standard InChI is InChI=1S/C37H43N3O7/c1-23-33(36(2,3)45)31(20-32(42)39-19-7-8-27(39)22-41)47-37(23)29-9-5-6-10-30(29)40(35(37)44)21-24-11-15-26(16-12-24)38-34(43)25-13-17-28(46-4)18-14-25/h5-6,9-18,23,27,31,33,41,45H,7-8,19-22H2,1-4H3,(H,38,43)/t23-,27+,31+,33-,37+/m1/s1. The minimum Gasteiger partial charge on any atom is -0.497 e. The van der Waals surface area contributed by atoms with E-state index in [0.717, 1.165) is 29.7 Å². The van der Waals surface area contributed by atoms with Crippen molar-refractivity contribution in [3.63, 3.8) is 0 Å². The van der Waals surface area contributed by atoms with E-state index in [9.17, 15) is 24.6 Å². The fraction of sp³-hybridized carbons (Fsp3) is 0.432. The van der Waals surface area contributed by atoms with Crippen LogP contribution in [-0.4, -0.2) is 70.8 Å². The van der Waals surface area contributed by atoms with Gasteiger partial charge in [-0.25, -0.2) is 0 Å². The van der Waals surface area contributed by atoms with E-state index in [0.29, 0.717) is 23.5 Å². The van der Waals surface area contributed by atoms with Crippen LogP contribution in [0.4, 0.5) is 11.4 Å². The third-order valence-corrected chi connectivity index (χ3v) is 10.1. The lowest BCUT2D eigenvalue weighted by molar-refractivity contribution is -0.150. The molecule has 6 rings (SSSR count). The molecule has 0 saturated carbocycles. The number of carbonyl (C=O) groups is 3. The maximum absolute atomic E-state index is 14.6. The summed E-state index contributed by atoms with van der Waals surface area (Å²) in [5.74, 6) is -0.902. The van der Waals surface area contributed by atoms with E-state index in [2.05, 4.69) is 5.32 Å². The Kier molecular flexibility index (Phi) is 8.86. The highest BCUT2D eigenvalue weighted by Gasteiger charge is 2.66. The Morgan fingerprint density at radius 1 is 1.06 bits per heavy atom. The van der Waals surface area contributed by atoms with Gasteiger partial charge in [-0.05, 0) is 74.7 Å². The Morgan fingerprint density at radius 2 is 1.77 bits per heavy atom. The summed E-state index contributed by atoms with van der Waals surface area (Å²) in [6.07, 6.45) is 0.883. The number of hydrogen-bond donors (Lipinski definition) is 3. The monoisotopic (exact) mass is 641 g/mol. The van der Waals surface area contributed by atoms with Gasteiger partial charge in [-0.3, -0.25) is 14.4 Å². The highest BCUT2D eigenvalue weighted by atomic mass is 16.5. The predicted octanol–water partition coefficient (Wildman–Crippen LogP) is 4.49. The highest BCUT2D eigenvalue weighted by molar-refractivity contribution is 6.07. The van der Waals surface area contributed by atoms with Crippen LogP contribution in [0.15, 0.2) is 72.8 Å². The number of nitrogens with zero attached hydrogens (tertiary/aromatic N) is 2. The fourth-order valence-corrected chi connectivity index (χ4v) is 7.85. The molecule has 0 unspecified atom stereocenters. The summed E-state index contributed by atoms with van der Waals surface area (Å²) in [4.78, 5) is 44.3. The lowest BCUT2D eigenvalue weighted by atomic mass is 9.71. The third-order valence-electron chi connectivity index (χ3n) is 10.1. The van der Waals surface area contributed by atoms with Gasteiger partial charge in [0.1, 0.15) is 5.75 Å². The SMILES string of the molecule is COc1ccc(C(=O)Nc2ccc(CN3C(=O)[C@@]4(O[C@@H](CC(=O)N5CCC[C@H]5CO)[C@H](C(C)(C)O)[C@H]4C)c4ccccc43)cc2)cc1. The largest absolute Gasteiger partial charge is 0.497 e. The molecular formula is C37H43N3O7. The van der Waals surface area contributed by atoms with Gasteiger partial charge in [-0.1, -0.05) is 37.3 Å². The van der Waals surface area contributed by atoms with Gasteiger partial charge in [0.2, 0.25) is 5.91 Å². The maximum atomic E-state index is 14.6. The fourth-order valence-electron chi connectivity index (χ4n) is 7.85. The smallest absolute Gasteiger partial charge is 0.264 e. The summed E-state index contributed by atoms with van der Waals surface area (Å²) in [5, 5.41) is 24.1. The molecule has 2 saturated heterocycles. The zero-order chi connectivity index (χ0) is 33.5. The number of aliphatic hydroxyl groups excluding tert-OH is 1. The van der Waals surface area contributed by atoms with Gasteiger partial charge in [0.05, 0.1) is 50.1 Å². The van der Waals surface area contributed by atoms with Gasteiger partial charge in [0, 0.05) is 35.2 Å². The lowest BCUT2D eigenvalue weighted by Gasteiger charge is -2.34. The zero-order valence-corrected chi connectivity index (χ0v) is 27.3. The first-order valence-corrected chi connectivity index (χ1v) is 16.2. The number of para-hydroxylation sites is 1. The second kappa shape index (κ2) is 12.7. The van der Waals surface area contributed by atoms with Gasteiger partial charge in [0.15, 0.2) is 5.60 Å². The van der Waals surface area contributed by atoms with E-state index < -0.39 is 29.1 Å². The second-order valence-electron chi connectivity index (χ2n) is 13.4. The molecule has 3 aliphatic heterocycles. The topological polar surface area (TPSA) is 129 Å². The molecule has 248 valence electrons. The van der Waals surface area contributed by atoms with E-state index >= 15 is 0 Å². The van der Waals surface area contributed by atoms with Crippen LogP contribution in [0, 0.1) is 11.8 Å². The van der Waals surface area contributed by atoms with Crippen molar-refractivity contribution in [1.82, 2.24) is 4.90 Å². The highest BCUT2D eigenvalue weighted by Crippen LogP contribution is 2.58. The van der Waals surface area contributed by atoms with E-state index in [4.69, 9.17) is 9.47 Å². The molecule has 3 amide bonds. The van der Waals surface area contributed by atoms with Crippen molar-refractivity contribution < 1.29 is 34.1 Å². The van der Waals surface area contributed by atoms with Crippen LogP contribution in [0.5, 0.6) is 5.75 Å². The van der Waals surface area contributed by atoms with Crippen molar-refractivity contribution >= 4 is 29.1 Å². The normalized spacial score (nSPS) is 25.4. The third kappa shape index (κ3) is 5.90. The number of ether oxygens (including phenoxy) is 2. The molecule has 3 heterocycles. The average molecular weight is 642 g/mol. The molecule has 10 nitrogen and oxygen atoms in total. The molecular weight excluding hydrogens is 598 g/mol. The first-order chi connectivity index (χ1) is 22.5. The van der Waals surface area contributed by atoms with E-state index in [1.165, 1.54) is 0 Å². The molecule has 47 heavy (non-hydrogen) atoms. The predicted molar refractivity (Wildman–Crippen MR) is 177 cm³/mol. The molecule has 0 bridgehead atoms. The van der Waals surface area contributed by atoms with Crippen molar-refractivity contribution in [2.45, 2.75) is 69.9 Å². The van der Waals surface area contributed by atoms with Crippen LogP contribution in [0.3, 0.4) is 0 Å². The van der Waals surface area contributed by atoms with Crippen LogP contribution in [0.2, 0.25) is 0 Å². The molecule has 3 aromatic carbocycles. The second-order valence-corrected chi connectivity index (χ2v) is 13.4. The van der Waals surface area contributed by atoms with Crippen molar-refractivity contribution in [1.29, 1.82) is 0 Å². The van der Waals surface area contributed by atoms with Gasteiger partial charge in [-0.2, -0.15) is 0 Å². The number of hydrogen-bond acceptors (Lipinski definition) is 7. The van der Waals surface area contributed by atoms with Crippen LogP contribution in [-0.2, 0) is 26.5 Å². The number of benzene rings is 3. The minimum atomic E-state index is -1.38. The lowest BCUT2D eigenvalue weighted by Crippen LogP contribution is -2.46. The number of methoxy groups -OCH3 is 1. The Labute approximate surface area is 275 Å². The Bertz CT molecular complexity index is 1630. The average Bonchev–Trinajstić information content (AvgIpc) is 3.72. The number of likely N-dealkylation sites (tertiary alicyclic amines) is 1. The molecule has 1 spiro atoms. The van der Waals surface area contributed by atoms with Gasteiger partial charge in [-0.15, -0.1) is 0 Å². The molecule has 10 heteroatoms. The maximum Gasteiger partial charge on any atom is 0.264 e. The van der Waals surface area contributed by atoms with Crippen LogP contribution in [0.1, 0.15) is 61.5 Å². The summed E-state index contributed by atoms with van der Waals surface area (Å²) in [7, 11) is 1.57. The summed E-state index contributed by atoms with van der Waals surface area (Å²) < 4.78 is 11.9. The summed E-state index contributed by atoms with van der Waals surface area (Å²) in [5.41, 5.74) is 0.816. The minimum absolute atomic E-state index is 0.0103. The number of rotatable bonds is 9. The molecule has 2 fully saturated rings. The molecule has 0 aliphatic carbocycles. The van der Waals surface area contributed by atoms with Crippen molar-refractivity contribution in [2.24, 2.45) is 11.8 Å². The molecule has 5 atom stereocenters. The number of nitrogens with one attached hydrogen (secondary N) is 1. The molecule has 0 aromatic heterocycles. The zero-order valence-electron chi connectivity index (χ0n) is 27.3. The van der Waals surface area contributed by atoms with Crippen LogP contribution in [0.25, 0.3) is 0 Å². The Morgan fingerprint density at radius 3 is 2.43 bits per heavy atom. The van der Waals surface area contributed by atoms with Gasteiger partial charge < -0.3 is 34.8 Å². The molecule has 3 N–H and O–H groups in total. The quantitative estimate of drug-likeness (QED) is 0.314. The first-order valence-electron chi connectivity index (χ1n) is 16.2. The van der Waals surface area contributed by atoms with Gasteiger partial charge in [0.25, 0.3) is 11.8 Å². The number of aliphatic hydroxyl groups is 2. The van der Waals surface area contributed by atoms with E-state index in [-0.39, 0.29) is 43.3 Å². The summed E-state index contributed by atoms with van der Waals surface area (Å²) >= 11 is 0. The van der Waals surface area contributed by atoms with E-state index in [1.807, 2.05) is 43.3 Å². The number of carbonyl (C=O) groups excluding carboxylic acids is 3. The summed E-state index contributed by atoms with van der Waals surface area (Å²) in [6.45, 7) is 6.09. The summed E-state index contributed by atoms with van der Waals surface area (Å²) in [6, 6.07) is 21.5. The first kappa shape index (κ1) is 32.7. The van der Waals surface area contributed by atoms with Gasteiger partial charge >= 0.3 is 0 Å². The molecule has 3 aliphatic rings. The van der Waals surface area contributed by atoms with Crippen LogP contribution < -0.4 is 15.0 Å². The number of amides is 3. The molecule has 0 radical (unpaired) electrons. The number of anilines is 2. The Hall–Kier alpha value is -4.25. The number of fused-ring (bicyclic) bond motifs is 2. The molecule has 3 aromatic rings. The van der Waals surface area contributed by atoms with Crippen LogP contribution >= 0.6 is 0 Å². The van der Waals surface area contributed by atoms with Crippen molar-refractivity contribution in [3.05, 3.63) is 89.5 Å². The van der Waals surface area contributed by atoms with Crippen molar-refractivity contribution in [2.75, 3.05) is 30.5 Å². The Balaban J connectivity index is 1.23. The van der Waals surface area contributed by atoms with E-state index in [1.54, 1.807) is 67.2 Å².